The molecule has 0 saturated heterocycles. The molecule has 0 saturated carbocycles. The number of rotatable bonds is 5. The number of ether oxygens (including phenoxy) is 1. The van der Waals surface area contributed by atoms with Crippen molar-refractivity contribution in [2.24, 2.45) is 0 Å². The molecule has 0 radical (unpaired) electrons. The number of carbonyl (C=O) groups excluding carboxylic acids is 1. The van der Waals surface area contributed by atoms with Gasteiger partial charge in [-0.2, -0.15) is 13.2 Å². The SMILES string of the molecule is COc1cccc([C@@H](O)CNC(=O)c2ccc(Cl)c(C(F)(F)F)c2)c1. The average Bonchev–Trinajstić information content (AvgIpc) is 2.58. The minimum atomic E-state index is -4.66. The number of hydrogen-bond acceptors (Lipinski definition) is 3. The van der Waals surface area contributed by atoms with Crippen molar-refractivity contribution in [2.75, 3.05) is 13.7 Å². The highest BCUT2D eigenvalue weighted by Gasteiger charge is 2.33. The summed E-state index contributed by atoms with van der Waals surface area (Å²) in [6.45, 7) is -0.171. The molecule has 8 heteroatoms. The molecule has 25 heavy (non-hydrogen) atoms. The van der Waals surface area contributed by atoms with E-state index >= 15 is 0 Å². The van der Waals surface area contributed by atoms with Gasteiger partial charge in [0.1, 0.15) is 5.75 Å². The second kappa shape index (κ2) is 7.76. The number of benzene rings is 2. The van der Waals surface area contributed by atoms with Gasteiger partial charge in [-0.1, -0.05) is 23.7 Å². The topological polar surface area (TPSA) is 58.6 Å². The molecule has 2 aromatic rings. The minimum Gasteiger partial charge on any atom is -0.497 e. The molecule has 4 nitrogen and oxygen atoms in total. The maximum absolute atomic E-state index is 12.8. The van der Waals surface area contributed by atoms with Crippen molar-refractivity contribution in [1.29, 1.82) is 0 Å². The van der Waals surface area contributed by atoms with Gasteiger partial charge in [0.15, 0.2) is 0 Å². The predicted molar refractivity (Wildman–Crippen MR) is 86.7 cm³/mol. The standard InChI is InChI=1S/C17H15ClF3NO3/c1-25-12-4-2-3-10(7-12)15(23)9-22-16(24)11-5-6-14(18)13(8-11)17(19,20)21/h2-8,15,23H,9H2,1H3,(H,22,24)/t15-/m0/s1. The van der Waals surface area contributed by atoms with Gasteiger partial charge in [0.25, 0.3) is 5.91 Å². The molecule has 1 atom stereocenters. The van der Waals surface area contributed by atoms with Gasteiger partial charge in [-0.05, 0) is 35.9 Å². The van der Waals surface area contributed by atoms with Gasteiger partial charge in [0, 0.05) is 12.1 Å². The lowest BCUT2D eigenvalue weighted by Gasteiger charge is -2.14. The molecule has 2 N–H and O–H groups in total. The van der Waals surface area contributed by atoms with Gasteiger partial charge in [-0.25, -0.2) is 0 Å². The summed E-state index contributed by atoms with van der Waals surface area (Å²) in [7, 11) is 1.48. The van der Waals surface area contributed by atoms with Crippen molar-refractivity contribution in [3.63, 3.8) is 0 Å². The Hall–Kier alpha value is -2.25. The van der Waals surface area contributed by atoms with Crippen LogP contribution in [0.4, 0.5) is 13.2 Å². The molecule has 0 aromatic heterocycles. The number of amides is 1. The molecule has 0 spiro atoms. The van der Waals surface area contributed by atoms with Gasteiger partial charge < -0.3 is 15.2 Å². The normalized spacial score (nSPS) is 12.6. The van der Waals surface area contributed by atoms with Crippen LogP contribution >= 0.6 is 11.6 Å². The van der Waals surface area contributed by atoms with Crippen molar-refractivity contribution in [2.45, 2.75) is 12.3 Å². The zero-order valence-electron chi connectivity index (χ0n) is 13.1. The summed E-state index contributed by atoms with van der Waals surface area (Å²) in [5.41, 5.74) is -0.781. The van der Waals surface area contributed by atoms with Crippen LogP contribution in [0.15, 0.2) is 42.5 Å². The summed E-state index contributed by atoms with van der Waals surface area (Å²) in [6.07, 6.45) is -5.69. The van der Waals surface area contributed by atoms with Crippen molar-refractivity contribution < 1.29 is 27.8 Å². The van der Waals surface area contributed by atoms with Crippen molar-refractivity contribution in [1.82, 2.24) is 5.32 Å². The minimum absolute atomic E-state index is 0.171. The van der Waals surface area contributed by atoms with Crippen molar-refractivity contribution in [3.8, 4) is 5.75 Å². The highest BCUT2D eigenvalue weighted by atomic mass is 35.5. The lowest BCUT2D eigenvalue weighted by molar-refractivity contribution is -0.137. The molecular formula is C17H15ClF3NO3. The number of alkyl halides is 3. The first kappa shape index (κ1) is 19.1. The largest absolute Gasteiger partial charge is 0.497 e. The first-order valence-electron chi connectivity index (χ1n) is 7.19. The van der Waals surface area contributed by atoms with Crippen LogP contribution in [0.25, 0.3) is 0 Å². The van der Waals surface area contributed by atoms with Gasteiger partial charge in [0.05, 0.1) is 23.8 Å². The van der Waals surface area contributed by atoms with Crippen LogP contribution < -0.4 is 10.1 Å². The van der Waals surface area contributed by atoms with Crippen molar-refractivity contribution in [3.05, 3.63) is 64.2 Å². The van der Waals surface area contributed by atoms with Gasteiger partial charge in [-0.3, -0.25) is 4.79 Å². The quantitative estimate of drug-likeness (QED) is 0.837. The van der Waals surface area contributed by atoms with Crippen LogP contribution in [-0.4, -0.2) is 24.7 Å². The van der Waals surface area contributed by atoms with Crippen LogP contribution in [0.1, 0.15) is 27.6 Å². The summed E-state index contributed by atoms with van der Waals surface area (Å²) < 4.78 is 43.5. The third kappa shape index (κ3) is 4.87. The van der Waals surface area contributed by atoms with E-state index in [9.17, 15) is 23.1 Å². The fourth-order valence-corrected chi connectivity index (χ4v) is 2.37. The lowest BCUT2D eigenvalue weighted by atomic mass is 10.1. The Kier molecular flexibility index (Phi) is 5.92. The molecule has 0 unspecified atom stereocenters. The summed E-state index contributed by atoms with van der Waals surface area (Å²) in [6, 6.07) is 9.48. The summed E-state index contributed by atoms with van der Waals surface area (Å²) >= 11 is 5.52. The second-order valence-corrected chi connectivity index (χ2v) is 5.60. The van der Waals surface area contributed by atoms with Crippen LogP contribution in [0.3, 0.4) is 0 Å². The van der Waals surface area contributed by atoms with E-state index < -0.39 is 28.8 Å². The van der Waals surface area contributed by atoms with E-state index in [0.29, 0.717) is 17.4 Å². The van der Waals surface area contributed by atoms with E-state index in [1.807, 2.05) is 0 Å². The molecule has 2 aromatic carbocycles. The molecular weight excluding hydrogens is 359 g/mol. The van der Waals surface area contributed by atoms with E-state index in [-0.39, 0.29) is 12.1 Å². The van der Waals surface area contributed by atoms with E-state index in [1.54, 1.807) is 24.3 Å². The number of aliphatic hydroxyl groups excluding tert-OH is 1. The molecule has 0 aliphatic carbocycles. The van der Waals surface area contributed by atoms with Crippen molar-refractivity contribution >= 4 is 17.5 Å². The molecule has 2 rings (SSSR count). The van der Waals surface area contributed by atoms with Crippen LogP contribution in [0.2, 0.25) is 5.02 Å². The molecule has 0 heterocycles. The Morgan fingerprint density at radius 2 is 2.00 bits per heavy atom. The molecule has 1 amide bonds. The molecule has 134 valence electrons. The first-order chi connectivity index (χ1) is 11.7. The van der Waals surface area contributed by atoms with Crippen LogP contribution in [-0.2, 0) is 6.18 Å². The smallest absolute Gasteiger partial charge is 0.417 e. The maximum atomic E-state index is 12.8. The second-order valence-electron chi connectivity index (χ2n) is 5.19. The predicted octanol–water partition coefficient (Wildman–Crippen LogP) is 3.83. The number of carbonyl (C=O) groups is 1. The Bertz CT molecular complexity index is 765. The Labute approximate surface area is 147 Å². The summed E-state index contributed by atoms with van der Waals surface area (Å²) in [4.78, 5) is 12.0. The van der Waals surface area contributed by atoms with Gasteiger partial charge >= 0.3 is 6.18 Å². The number of nitrogens with one attached hydrogen (secondary N) is 1. The highest BCUT2D eigenvalue weighted by Crippen LogP contribution is 2.35. The summed E-state index contributed by atoms with van der Waals surface area (Å²) in [5, 5.41) is 12.0. The maximum Gasteiger partial charge on any atom is 0.417 e. The molecule has 0 aliphatic rings. The first-order valence-corrected chi connectivity index (χ1v) is 7.57. The lowest BCUT2D eigenvalue weighted by Crippen LogP contribution is -2.28. The molecule has 0 bridgehead atoms. The number of hydrogen-bond donors (Lipinski definition) is 2. The van der Waals surface area contributed by atoms with E-state index in [2.05, 4.69) is 5.32 Å². The third-order valence-electron chi connectivity index (χ3n) is 3.47. The zero-order chi connectivity index (χ0) is 18.6. The van der Waals surface area contributed by atoms with Crippen LogP contribution in [0, 0.1) is 0 Å². The Morgan fingerprint density at radius 3 is 2.64 bits per heavy atom. The molecule has 0 fully saturated rings. The highest BCUT2D eigenvalue weighted by molar-refractivity contribution is 6.31. The fourth-order valence-electron chi connectivity index (χ4n) is 2.14. The Balaban J connectivity index is 2.07. The summed E-state index contributed by atoms with van der Waals surface area (Å²) in [5.74, 6) is -0.209. The Morgan fingerprint density at radius 1 is 1.28 bits per heavy atom. The number of methoxy groups -OCH3 is 1. The van der Waals surface area contributed by atoms with Gasteiger partial charge in [-0.15, -0.1) is 0 Å². The zero-order valence-corrected chi connectivity index (χ0v) is 13.9. The molecule has 0 aliphatic heterocycles. The monoisotopic (exact) mass is 373 g/mol. The average molecular weight is 374 g/mol. The van der Waals surface area contributed by atoms with E-state index in [4.69, 9.17) is 16.3 Å². The number of halogens is 4. The number of aliphatic hydroxyl groups is 1. The third-order valence-corrected chi connectivity index (χ3v) is 3.80. The fraction of sp³-hybridized carbons (Fsp3) is 0.235. The van der Waals surface area contributed by atoms with Gasteiger partial charge in [0.2, 0.25) is 0 Å². The van der Waals surface area contributed by atoms with E-state index in [0.717, 1.165) is 6.07 Å². The van der Waals surface area contributed by atoms with Crippen LogP contribution in [0.5, 0.6) is 5.75 Å². The van der Waals surface area contributed by atoms with E-state index in [1.165, 1.54) is 13.2 Å².